The molecule has 5 heteroatoms. The maximum absolute atomic E-state index is 13.9. The van der Waals surface area contributed by atoms with Crippen LogP contribution in [0.25, 0.3) is 0 Å². The lowest BCUT2D eigenvalue weighted by atomic mass is 9.98. The van der Waals surface area contributed by atoms with Gasteiger partial charge in [-0.15, -0.1) is 12.4 Å². The number of hydrogen-bond donors (Lipinski definition) is 1. The highest BCUT2D eigenvalue weighted by Crippen LogP contribution is 2.21. The highest BCUT2D eigenvalue weighted by Gasteiger charge is 2.23. The van der Waals surface area contributed by atoms with Gasteiger partial charge in [-0.3, -0.25) is 4.79 Å². The minimum atomic E-state index is -0.515. The van der Waals surface area contributed by atoms with Crippen molar-refractivity contribution in [1.29, 1.82) is 0 Å². The molecule has 0 spiro atoms. The molecule has 0 radical (unpaired) electrons. The van der Waals surface area contributed by atoms with E-state index in [1.807, 2.05) is 30.3 Å². The number of amides is 1. The van der Waals surface area contributed by atoms with Gasteiger partial charge in [0, 0.05) is 19.6 Å². The molecule has 0 aliphatic heterocycles. The van der Waals surface area contributed by atoms with Gasteiger partial charge in [0.1, 0.15) is 5.82 Å². The van der Waals surface area contributed by atoms with E-state index >= 15 is 0 Å². The van der Waals surface area contributed by atoms with Gasteiger partial charge in [0.25, 0.3) is 0 Å². The number of halogens is 2. The quantitative estimate of drug-likeness (QED) is 0.832. The van der Waals surface area contributed by atoms with E-state index in [9.17, 15) is 9.18 Å². The number of nitrogens with zero attached hydrogens (tertiary/aromatic N) is 1. The third kappa shape index (κ3) is 5.32. The molecule has 1 atom stereocenters. The second-order valence-electron chi connectivity index (χ2n) is 5.59. The second kappa shape index (κ2) is 10.1. The van der Waals surface area contributed by atoms with Gasteiger partial charge < -0.3 is 10.6 Å². The number of hydrogen-bond acceptors (Lipinski definition) is 2. The van der Waals surface area contributed by atoms with Crippen molar-refractivity contribution < 1.29 is 9.18 Å². The normalized spacial score (nSPS) is 11.5. The fourth-order valence-electron chi connectivity index (χ4n) is 2.63. The molecule has 2 aromatic carbocycles. The van der Waals surface area contributed by atoms with Crippen LogP contribution in [0.4, 0.5) is 4.39 Å². The van der Waals surface area contributed by atoms with E-state index in [2.05, 4.69) is 0 Å². The second-order valence-corrected chi connectivity index (χ2v) is 5.59. The first kappa shape index (κ1) is 20.1. The maximum Gasteiger partial charge on any atom is 0.229 e. The summed E-state index contributed by atoms with van der Waals surface area (Å²) in [6, 6.07) is 16.4. The van der Waals surface area contributed by atoms with E-state index in [4.69, 9.17) is 5.73 Å². The zero-order chi connectivity index (χ0) is 16.7. The van der Waals surface area contributed by atoms with E-state index < -0.39 is 5.92 Å². The summed E-state index contributed by atoms with van der Waals surface area (Å²) in [4.78, 5) is 14.4. The van der Waals surface area contributed by atoms with Crippen molar-refractivity contribution in [3.8, 4) is 0 Å². The van der Waals surface area contributed by atoms with Crippen LogP contribution in [0.15, 0.2) is 54.6 Å². The van der Waals surface area contributed by atoms with Crippen LogP contribution < -0.4 is 5.73 Å². The van der Waals surface area contributed by atoms with Crippen molar-refractivity contribution >= 4 is 18.3 Å². The van der Waals surface area contributed by atoms with Gasteiger partial charge in [-0.1, -0.05) is 48.5 Å². The molecular weight excluding hydrogens is 327 g/mol. The Hall–Kier alpha value is -1.91. The monoisotopic (exact) mass is 350 g/mol. The first-order valence-electron chi connectivity index (χ1n) is 7.90. The van der Waals surface area contributed by atoms with Crippen LogP contribution in [0.1, 0.15) is 24.0 Å². The van der Waals surface area contributed by atoms with Crippen LogP contribution in [0.3, 0.4) is 0 Å². The Morgan fingerprint density at radius 1 is 1.08 bits per heavy atom. The number of carbonyl (C=O) groups excluding carboxylic acids is 1. The minimum Gasteiger partial charge on any atom is -0.341 e. The lowest BCUT2D eigenvalue weighted by molar-refractivity contribution is -0.132. The van der Waals surface area contributed by atoms with Crippen molar-refractivity contribution in [2.75, 3.05) is 19.6 Å². The smallest absolute Gasteiger partial charge is 0.229 e. The van der Waals surface area contributed by atoms with Crippen LogP contribution in [0.5, 0.6) is 0 Å². The number of nitrogens with two attached hydrogens (primary N) is 1. The van der Waals surface area contributed by atoms with Crippen LogP contribution in [-0.4, -0.2) is 30.4 Å². The Labute approximate surface area is 149 Å². The van der Waals surface area contributed by atoms with Crippen LogP contribution in [0.2, 0.25) is 0 Å². The summed E-state index contributed by atoms with van der Waals surface area (Å²) in [5.74, 6) is -0.945. The number of carbonyl (C=O) groups is 1. The zero-order valence-corrected chi connectivity index (χ0v) is 14.6. The summed E-state index contributed by atoms with van der Waals surface area (Å²) in [6.07, 6.45) is 0.760. The van der Waals surface area contributed by atoms with Crippen LogP contribution in [-0.2, 0) is 11.2 Å². The van der Waals surface area contributed by atoms with Crippen LogP contribution >= 0.6 is 12.4 Å². The standard InChI is InChI=1S/C19H23FN2O.ClH/c1-15(17-9-5-6-10-18(17)20)19(23)22(14-12-21)13-11-16-7-3-2-4-8-16;/h2-10,15H,11-14,21H2,1H3;1H. The van der Waals surface area contributed by atoms with E-state index in [-0.39, 0.29) is 24.1 Å². The van der Waals surface area contributed by atoms with Crippen LogP contribution in [0, 0.1) is 5.82 Å². The van der Waals surface area contributed by atoms with Crippen molar-refractivity contribution in [3.63, 3.8) is 0 Å². The van der Waals surface area contributed by atoms with Crippen molar-refractivity contribution in [2.24, 2.45) is 5.73 Å². The number of rotatable bonds is 7. The average Bonchev–Trinajstić information content (AvgIpc) is 2.58. The van der Waals surface area contributed by atoms with Gasteiger partial charge in [0.05, 0.1) is 5.92 Å². The Bertz CT molecular complexity index is 636. The average molecular weight is 351 g/mol. The van der Waals surface area contributed by atoms with E-state index in [0.29, 0.717) is 25.2 Å². The Morgan fingerprint density at radius 2 is 1.71 bits per heavy atom. The van der Waals surface area contributed by atoms with Crippen molar-refractivity contribution in [3.05, 3.63) is 71.5 Å². The van der Waals surface area contributed by atoms with Gasteiger partial charge in [-0.05, 0) is 30.5 Å². The molecule has 24 heavy (non-hydrogen) atoms. The largest absolute Gasteiger partial charge is 0.341 e. The Kier molecular flexibility index (Phi) is 8.44. The first-order valence-corrected chi connectivity index (χ1v) is 7.90. The maximum atomic E-state index is 13.9. The Morgan fingerprint density at radius 3 is 2.33 bits per heavy atom. The molecule has 0 heterocycles. The summed E-state index contributed by atoms with van der Waals surface area (Å²) in [6.45, 7) is 3.20. The molecule has 0 fully saturated rings. The zero-order valence-electron chi connectivity index (χ0n) is 13.8. The lowest BCUT2D eigenvalue weighted by Crippen LogP contribution is -2.39. The van der Waals surface area contributed by atoms with Gasteiger partial charge in [0.2, 0.25) is 5.91 Å². The molecule has 2 aromatic rings. The van der Waals surface area contributed by atoms with E-state index in [0.717, 1.165) is 6.42 Å². The molecule has 2 N–H and O–H groups in total. The van der Waals surface area contributed by atoms with Gasteiger partial charge >= 0.3 is 0 Å². The molecule has 0 bridgehead atoms. The fourth-order valence-corrected chi connectivity index (χ4v) is 2.63. The van der Waals surface area contributed by atoms with Gasteiger partial charge in [0.15, 0.2) is 0 Å². The first-order chi connectivity index (χ1) is 11.1. The highest BCUT2D eigenvalue weighted by molar-refractivity contribution is 5.85. The molecule has 1 amide bonds. The third-order valence-electron chi connectivity index (χ3n) is 3.97. The van der Waals surface area contributed by atoms with E-state index in [1.54, 1.807) is 30.0 Å². The van der Waals surface area contributed by atoms with Crippen molar-refractivity contribution in [2.45, 2.75) is 19.3 Å². The third-order valence-corrected chi connectivity index (χ3v) is 3.97. The molecular formula is C19H24ClFN2O. The van der Waals surface area contributed by atoms with Crippen molar-refractivity contribution in [1.82, 2.24) is 4.90 Å². The summed E-state index contributed by atoms with van der Waals surface area (Å²) in [5, 5.41) is 0. The molecule has 0 aliphatic carbocycles. The van der Waals surface area contributed by atoms with Gasteiger partial charge in [-0.25, -0.2) is 4.39 Å². The predicted molar refractivity (Wildman–Crippen MR) is 97.8 cm³/mol. The summed E-state index contributed by atoms with van der Waals surface area (Å²) in [5.41, 5.74) is 7.23. The summed E-state index contributed by atoms with van der Waals surface area (Å²) in [7, 11) is 0. The highest BCUT2D eigenvalue weighted by atomic mass is 35.5. The fraction of sp³-hybridized carbons (Fsp3) is 0.316. The molecule has 3 nitrogen and oxygen atoms in total. The molecule has 1 unspecified atom stereocenters. The summed E-state index contributed by atoms with van der Waals surface area (Å²) < 4.78 is 13.9. The molecule has 0 aliphatic rings. The topological polar surface area (TPSA) is 46.3 Å². The molecule has 0 saturated heterocycles. The molecule has 130 valence electrons. The molecule has 2 rings (SSSR count). The predicted octanol–water partition coefficient (Wildman–Crippen LogP) is 3.38. The molecule has 0 saturated carbocycles. The number of benzene rings is 2. The van der Waals surface area contributed by atoms with E-state index in [1.165, 1.54) is 11.6 Å². The van der Waals surface area contributed by atoms with Gasteiger partial charge in [-0.2, -0.15) is 0 Å². The minimum absolute atomic E-state index is 0. The molecule has 0 aromatic heterocycles. The SMILES string of the molecule is CC(C(=O)N(CCN)CCc1ccccc1)c1ccccc1F.Cl. The lowest BCUT2D eigenvalue weighted by Gasteiger charge is -2.26. The summed E-state index contributed by atoms with van der Waals surface area (Å²) >= 11 is 0. The Balaban J connectivity index is 0.00000288.